The molecule has 70 valence electrons. The number of nitrogens with one attached hydrogen (secondary N) is 1. The van der Waals surface area contributed by atoms with Crippen molar-refractivity contribution in [2.45, 2.75) is 19.3 Å². The topological polar surface area (TPSA) is 73.7 Å². The number of Topliss-reactive ketones (excluding diaryl/α,β-unsaturated/α-hetero) is 1. The van der Waals surface area contributed by atoms with E-state index in [2.05, 4.69) is 4.98 Å². The van der Waals surface area contributed by atoms with Crippen molar-refractivity contribution in [3.63, 3.8) is 0 Å². The van der Waals surface area contributed by atoms with Crippen molar-refractivity contribution < 1.29 is 4.79 Å². The zero-order valence-corrected chi connectivity index (χ0v) is 7.46. The van der Waals surface area contributed by atoms with Gasteiger partial charge in [0.2, 0.25) is 0 Å². The number of aromatic amines is 1. The predicted octanol–water partition coefficient (Wildman–Crippen LogP) is 0.766. The number of hydrogen-bond donors (Lipinski definition) is 1. The van der Waals surface area contributed by atoms with Crippen LogP contribution in [0.1, 0.15) is 34.5 Å². The number of H-pyrrole nitrogens is 1. The Balaban J connectivity index is 2.67. The molecule has 1 aliphatic carbocycles. The molecular weight excluding hydrogens is 180 g/mol. The summed E-state index contributed by atoms with van der Waals surface area (Å²) in [7, 11) is 0. The molecule has 0 amide bonds. The molecule has 0 saturated carbocycles. The average Bonchev–Trinajstić information content (AvgIpc) is 2.19. The van der Waals surface area contributed by atoms with Crippen LogP contribution < -0.4 is 5.56 Å². The second kappa shape index (κ2) is 3.11. The minimum Gasteiger partial charge on any atom is -0.318 e. The summed E-state index contributed by atoms with van der Waals surface area (Å²) in [5.74, 6) is -0.0344. The maximum absolute atomic E-state index is 11.4. The molecule has 1 aromatic rings. The molecule has 0 bridgehead atoms. The minimum atomic E-state index is -0.471. The highest BCUT2D eigenvalue weighted by Crippen LogP contribution is 2.18. The zero-order chi connectivity index (χ0) is 10.1. The molecule has 0 aromatic carbocycles. The van der Waals surface area contributed by atoms with Gasteiger partial charge in [-0.1, -0.05) is 0 Å². The normalized spacial score (nSPS) is 14.6. The van der Waals surface area contributed by atoms with E-state index in [9.17, 15) is 9.59 Å². The van der Waals surface area contributed by atoms with E-state index in [1.54, 1.807) is 6.07 Å². The number of pyridine rings is 1. The lowest BCUT2D eigenvalue weighted by Gasteiger charge is -2.13. The third-order valence-corrected chi connectivity index (χ3v) is 2.37. The smallest absolute Gasteiger partial charge is 0.266 e. The number of nitriles is 1. The van der Waals surface area contributed by atoms with Crippen molar-refractivity contribution >= 4 is 5.78 Å². The Kier molecular flexibility index (Phi) is 1.93. The van der Waals surface area contributed by atoms with Gasteiger partial charge in [0, 0.05) is 6.42 Å². The fraction of sp³-hybridized carbons (Fsp3) is 0.300. The summed E-state index contributed by atoms with van der Waals surface area (Å²) in [5, 5.41) is 8.63. The lowest BCUT2D eigenvalue weighted by molar-refractivity contribution is 0.0967. The van der Waals surface area contributed by atoms with Gasteiger partial charge < -0.3 is 4.98 Å². The molecule has 1 aromatic heterocycles. The van der Waals surface area contributed by atoms with Crippen molar-refractivity contribution in [1.29, 1.82) is 5.26 Å². The second-order valence-electron chi connectivity index (χ2n) is 3.30. The Labute approximate surface area is 80.2 Å². The first-order valence-corrected chi connectivity index (χ1v) is 4.42. The molecule has 1 heterocycles. The first-order chi connectivity index (χ1) is 6.72. The first kappa shape index (κ1) is 8.70. The Morgan fingerprint density at radius 2 is 2.14 bits per heavy atom. The molecular formula is C10H8N2O2. The van der Waals surface area contributed by atoms with Crippen LogP contribution >= 0.6 is 0 Å². The van der Waals surface area contributed by atoms with Crippen molar-refractivity contribution in [2.75, 3.05) is 0 Å². The quantitative estimate of drug-likeness (QED) is 0.653. The van der Waals surface area contributed by atoms with E-state index in [0.29, 0.717) is 12.1 Å². The zero-order valence-electron chi connectivity index (χ0n) is 7.46. The van der Waals surface area contributed by atoms with E-state index < -0.39 is 5.56 Å². The highest BCUT2D eigenvalue weighted by Gasteiger charge is 2.19. The van der Waals surface area contributed by atoms with Gasteiger partial charge in [-0.15, -0.1) is 0 Å². The summed E-state index contributed by atoms with van der Waals surface area (Å²) in [5.41, 5.74) is 0.789. The lowest BCUT2D eigenvalue weighted by Crippen LogP contribution is -2.21. The van der Waals surface area contributed by atoms with Gasteiger partial charge >= 0.3 is 0 Å². The standard InChI is InChI=1S/C10H8N2O2/c11-5-7-4-6-2-1-3-8(13)9(6)12-10(7)14/h4H,1-3H2,(H,12,14). The Morgan fingerprint density at radius 1 is 1.36 bits per heavy atom. The maximum Gasteiger partial charge on any atom is 0.266 e. The number of rotatable bonds is 0. The number of aryl methyl sites for hydroxylation is 1. The summed E-state index contributed by atoms with van der Waals surface area (Å²) >= 11 is 0. The summed E-state index contributed by atoms with van der Waals surface area (Å²) in [6.07, 6.45) is 2.03. The molecule has 0 saturated heterocycles. The SMILES string of the molecule is N#Cc1cc2c([nH]c1=O)C(=O)CCC2. The van der Waals surface area contributed by atoms with Crippen LogP contribution in [0, 0.1) is 11.3 Å². The number of hydrogen-bond acceptors (Lipinski definition) is 3. The van der Waals surface area contributed by atoms with Crippen LogP contribution in [0.3, 0.4) is 0 Å². The van der Waals surface area contributed by atoms with Crippen LogP contribution in [0.5, 0.6) is 0 Å². The molecule has 2 rings (SSSR count). The number of carbonyl (C=O) groups excluding carboxylic acids is 1. The van der Waals surface area contributed by atoms with Gasteiger partial charge in [0.25, 0.3) is 5.56 Å². The summed E-state index contributed by atoms with van der Waals surface area (Å²) in [4.78, 5) is 25.1. The Hall–Kier alpha value is -1.89. The number of fused-ring (bicyclic) bond motifs is 1. The third kappa shape index (κ3) is 1.23. The molecule has 4 heteroatoms. The number of carbonyl (C=O) groups is 1. The monoisotopic (exact) mass is 188 g/mol. The van der Waals surface area contributed by atoms with Crippen molar-refractivity contribution in [3.8, 4) is 6.07 Å². The van der Waals surface area contributed by atoms with E-state index in [1.165, 1.54) is 6.07 Å². The first-order valence-electron chi connectivity index (χ1n) is 4.42. The molecule has 14 heavy (non-hydrogen) atoms. The van der Waals surface area contributed by atoms with Crippen molar-refractivity contribution in [3.05, 3.63) is 33.2 Å². The number of aromatic nitrogens is 1. The Morgan fingerprint density at radius 3 is 2.86 bits per heavy atom. The van der Waals surface area contributed by atoms with Crippen LogP contribution in [-0.4, -0.2) is 10.8 Å². The van der Waals surface area contributed by atoms with Gasteiger partial charge in [0.1, 0.15) is 11.6 Å². The third-order valence-electron chi connectivity index (χ3n) is 2.37. The molecule has 0 radical (unpaired) electrons. The summed E-state index contributed by atoms with van der Waals surface area (Å²) in [6.45, 7) is 0. The molecule has 0 aliphatic heterocycles. The van der Waals surface area contributed by atoms with Gasteiger partial charge in [0.15, 0.2) is 5.78 Å². The number of nitrogens with zero attached hydrogens (tertiary/aromatic N) is 1. The maximum atomic E-state index is 11.4. The van der Waals surface area contributed by atoms with Gasteiger partial charge in [-0.25, -0.2) is 0 Å². The van der Waals surface area contributed by atoms with E-state index >= 15 is 0 Å². The van der Waals surface area contributed by atoms with Crippen LogP contribution in [0.25, 0.3) is 0 Å². The fourth-order valence-corrected chi connectivity index (χ4v) is 1.67. The van der Waals surface area contributed by atoms with E-state index in [-0.39, 0.29) is 11.3 Å². The highest BCUT2D eigenvalue weighted by molar-refractivity contribution is 5.96. The van der Waals surface area contributed by atoms with Gasteiger partial charge in [0.05, 0.1) is 5.69 Å². The van der Waals surface area contributed by atoms with Crippen LogP contribution in [-0.2, 0) is 6.42 Å². The van der Waals surface area contributed by atoms with E-state index in [1.807, 2.05) is 0 Å². The molecule has 0 spiro atoms. The summed E-state index contributed by atoms with van der Waals surface area (Å²) < 4.78 is 0. The van der Waals surface area contributed by atoms with Crippen molar-refractivity contribution in [2.24, 2.45) is 0 Å². The summed E-state index contributed by atoms with van der Waals surface area (Å²) in [6, 6.07) is 3.32. The molecule has 1 N–H and O–H groups in total. The molecule has 0 fully saturated rings. The van der Waals surface area contributed by atoms with Crippen LogP contribution in [0.2, 0.25) is 0 Å². The minimum absolute atomic E-state index is 0.0344. The predicted molar refractivity (Wildman–Crippen MR) is 49.0 cm³/mol. The molecule has 0 unspecified atom stereocenters. The highest BCUT2D eigenvalue weighted by atomic mass is 16.1. The fourth-order valence-electron chi connectivity index (χ4n) is 1.67. The Bertz CT molecular complexity index is 494. The average molecular weight is 188 g/mol. The van der Waals surface area contributed by atoms with E-state index in [4.69, 9.17) is 5.26 Å². The second-order valence-corrected chi connectivity index (χ2v) is 3.30. The van der Waals surface area contributed by atoms with Crippen molar-refractivity contribution in [1.82, 2.24) is 4.98 Å². The van der Waals surface area contributed by atoms with Crippen LogP contribution in [0.15, 0.2) is 10.9 Å². The molecule has 1 aliphatic rings. The van der Waals surface area contributed by atoms with Gasteiger partial charge in [-0.05, 0) is 24.5 Å². The van der Waals surface area contributed by atoms with Gasteiger partial charge in [-0.2, -0.15) is 5.26 Å². The number of ketones is 1. The lowest BCUT2D eigenvalue weighted by atomic mass is 9.94. The largest absolute Gasteiger partial charge is 0.318 e. The van der Waals surface area contributed by atoms with Gasteiger partial charge in [-0.3, -0.25) is 9.59 Å². The molecule has 0 atom stereocenters. The van der Waals surface area contributed by atoms with E-state index in [0.717, 1.165) is 18.4 Å². The molecule has 4 nitrogen and oxygen atoms in total. The van der Waals surface area contributed by atoms with Crippen LogP contribution in [0.4, 0.5) is 0 Å².